The molecule has 0 atom stereocenters. The minimum atomic E-state index is -0.919. The van der Waals surface area contributed by atoms with Crippen LogP contribution in [-0.4, -0.2) is 30.8 Å². The second-order valence-electron chi connectivity index (χ2n) is 3.99. The predicted octanol–water partition coefficient (Wildman–Crippen LogP) is 0.778. The number of aromatic nitrogens is 4. The van der Waals surface area contributed by atoms with Crippen LogP contribution in [-0.2, 0) is 11.2 Å². The summed E-state index contributed by atoms with van der Waals surface area (Å²) in [5.74, 6) is -0.659. The fraction of sp³-hybridized carbons (Fsp3) is 0.250. The third kappa shape index (κ3) is 2.42. The zero-order chi connectivity index (χ0) is 14.0. The molecule has 7 heteroatoms. The van der Waals surface area contributed by atoms with E-state index in [1.165, 1.54) is 16.9 Å². The highest BCUT2D eigenvalue weighted by Gasteiger charge is 2.16. The van der Waals surface area contributed by atoms with E-state index in [4.69, 9.17) is 10.4 Å². The molecule has 2 rings (SSSR count). The third-order valence-electron chi connectivity index (χ3n) is 2.72. The number of nitrogens with zero attached hydrogens (tertiary/aromatic N) is 5. The Morgan fingerprint density at radius 3 is 2.89 bits per heavy atom. The molecule has 0 aliphatic heterocycles. The molecular weight excluding hydrogens is 246 g/mol. The highest BCUT2D eigenvalue weighted by molar-refractivity contribution is 5.71. The number of aliphatic carboxylic acids is 1. The molecule has 0 unspecified atom stereocenters. The van der Waals surface area contributed by atoms with E-state index in [1.807, 2.05) is 6.07 Å². The second-order valence-corrected chi connectivity index (χ2v) is 3.99. The molecule has 96 valence electrons. The summed E-state index contributed by atoms with van der Waals surface area (Å²) in [6.07, 6.45) is 1.36. The molecule has 0 amide bonds. The van der Waals surface area contributed by atoms with Crippen LogP contribution in [0.4, 0.5) is 0 Å². The van der Waals surface area contributed by atoms with Crippen LogP contribution in [0.5, 0.6) is 0 Å². The van der Waals surface area contributed by atoms with Crippen molar-refractivity contribution >= 4 is 5.97 Å². The molecule has 0 aliphatic rings. The van der Waals surface area contributed by atoms with Gasteiger partial charge in [-0.1, -0.05) is 0 Å². The van der Waals surface area contributed by atoms with Crippen LogP contribution in [0.15, 0.2) is 12.3 Å². The van der Waals surface area contributed by atoms with E-state index in [1.54, 1.807) is 13.8 Å². The maximum absolute atomic E-state index is 10.8. The van der Waals surface area contributed by atoms with Gasteiger partial charge in [0.15, 0.2) is 0 Å². The normalized spacial score (nSPS) is 10.2. The zero-order valence-corrected chi connectivity index (χ0v) is 10.5. The summed E-state index contributed by atoms with van der Waals surface area (Å²) >= 11 is 0. The number of carbonyl (C=O) groups is 1. The van der Waals surface area contributed by atoms with Crippen LogP contribution in [0.3, 0.4) is 0 Å². The lowest BCUT2D eigenvalue weighted by Gasteiger charge is -2.02. The molecule has 0 fully saturated rings. The van der Waals surface area contributed by atoms with Crippen molar-refractivity contribution in [1.82, 2.24) is 19.7 Å². The van der Waals surface area contributed by atoms with Gasteiger partial charge in [-0.3, -0.25) is 4.79 Å². The van der Waals surface area contributed by atoms with Crippen molar-refractivity contribution in [3.63, 3.8) is 0 Å². The third-order valence-corrected chi connectivity index (χ3v) is 2.72. The molecule has 0 aliphatic carbocycles. The molecule has 2 aromatic rings. The maximum Gasteiger partial charge on any atom is 0.307 e. The van der Waals surface area contributed by atoms with E-state index in [0.717, 1.165) is 0 Å². The average molecular weight is 257 g/mol. The molecule has 7 nitrogen and oxygen atoms in total. The first-order valence-corrected chi connectivity index (χ1v) is 5.53. The highest BCUT2D eigenvalue weighted by atomic mass is 16.4. The number of carboxylic acid groups (broad SMARTS) is 1. The molecule has 2 aromatic heterocycles. The van der Waals surface area contributed by atoms with Gasteiger partial charge in [-0.2, -0.15) is 10.4 Å². The highest BCUT2D eigenvalue weighted by Crippen LogP contribution is 2.16. The monoisotopic (exact) mass is 257 g/mol. The van der Waals surface area contributed by atoms with Gasteiger partial charge in [0.05, 0.1) is 12.1 Å². The van der Waals surface area contributed by atoms with Gasteiger partial charge in [-0.05, 0) is 19.9 Å². The summed E-state index contributed by atoms with van der Waals surface area (Å²) in [7, 11) is 0. The van der Waals surface area contributed by atoms with Gasteiger partial charge < -0.3 is 5.11 Å². The smallest absolute Gasteiger partial charge is 0.307 e. The van der Waals surface area contributed by atoms with Gasteiger partial charge in [0.2, 0.25) is 0 Å². The minimum Gasteiger partial charge on any atom is -0.481 e. The van der Waals surface area contributed by atoms with Crippen LogP contribution in [0, 0.1) is 25.2 Å². The summed E-state index contributed by atoms with van der Waals surface area (Å²) in [6.45, 7) is 3.48. The molecule has 19 heavy (non-hydrogen) atoms. The number of hydrogen-bond acceptors (Lipinski definition) is 5. The number of nitriles is 1. The number of carboxylic acids is 1. The standard InChI is InChI=1S/C12H11N5O2/c1-7-10(5-11(18)19)8(2)17(16-7)12-14-4-3-9(6-13)15-12/h3-4H,5H2,1-2H3,(H,18,19). The van der Waals surface area contributed by atoms with Gasteiger partial charge in [-0.15, -0.1) is 0 Å². The van der Waals surface area contributed by atoms with Crippen molar-refractivity contribution in [2.24, 2.45) is 0 Å². The first-order valence-electron chi connectivity index (χ1n) is 5.53. The van der Waals surface area contributed by atoms with E-state index in [9.17, 15) is 4.79 Å². The topological polar surface area (TPSA) is 105 Å². The summed E-state index contributed by atoms with van der Waals surface area (Å²) < 4.78 is 1.45. The first-order chi connectivity index (χ1) is 9.02. The molecule has 0 radical (unpaired) electrons. The summed E-state index contributed by atoms with van der Waals surface area (Å²) in [6, 6.07) is 3.42. The van der Waals surface area contributed by atoms with E-state index in [-0.39, 0.29) is 18.1 Å². The fourth-order valence-electron chi connectivity index (χ4n) is 1.79. The van der Waals surface area contributed by atoms with Gasteiger partial charge >= 0.3 is 5.97 Å². The van der Waals surface area contributed by atoms with Gasteiger partial charge in [0.25, 0.3) is 5.95 Å². The Morgan fingerprint density at radius 2 is 2.26 bits per heavy atom. The van der Waals surface area contributed by atoms with Crippen molar-refractivity contribution in [1.29, 1.82) is 5.26 Å². The van der Waals surface area contributed by atoms with E-state index in [2.05, 4.69) is 15.1 Å². The Kier molecular flexibility index (Phi) is 3.25. The van der Waals surface area contributed by atoms with Crippen LogP contribution >= 0.6 is 0 Å². The minimum absolute atomic E-state index is 0.102. The van der Waals surface area contributed by atoms with E-state index >= 15 is 0 Å². The Balaban J connectivity index is 2.51. The zero-order valence-electron chi connectivity index (χ0n) is 10.5. The van der Waals surface area contributed by atoms with E-state index in [0.29, 0.717) is 17.0 Å². The molecule has 1 N–H and O–H groups in total. The quantitative estimate of drug-likeness (QED) is 0.871. The lowest BCUT2D eigenvalue weighted by atomic mass is 10.1. The first kappa shape index (κ1) is 12.7. The lowest BCUT2D eigenvalue weighted by molar-refractivity contribution is -0.136. The Bertz CT molecular complexity index is 684. The van der Waals surface area contributed by atoms with Gasteiger partial charge in [0, 0.05) is 17.5 Å². The van der Waals surface area contributed by atoms with Crippen molar-refractivity contribution in [2.45, 2.75) is 20.3 Å². The van der Waals surface area contributed by atoms with Crippen molar-refractivity contribution < 1.29 is 9.90 Å². The van der Waals surface area contributed by atoms with Crippen LogP contribution in [0.1, 0.15) is 22.6 Å². The number of hydrogen-bond donors (Lipinski definition) is 1. The summed E-state index contributed by atoms with van der Waals surface area (Å²) in [4.78, 5) is 18.9. The molecule has 0 saturated carbocycles. The predicted molar refractivity (Wildman–Crippen MR) is 64.7 cm³/mol. The van der Waals surface area contributed by atoms with Crippen LogP contribution in [0.25, 0.3) is 5.95 Å². The fourth-order valence-corrected chi connectivity index (χ4v) is 1.79. The van der Waals surface area contributed by atoms with Crippen molar-refractivity contribution in [3.05, 3.63) is 34.9 Å². The van der Waals surface area contributed by atoms with Gasteiger partial charge in [0.1, 0.15) is 11.8 Å². The molecule has 0 aromatic carbocycles. The summed E-state index contributed by atoms with van der Waals surface area (Å²) in [5, 5.41) is 21.9. The molecule has 2 heterocycles. The Morgan fingerprint density at radius 1 is 1.53 bits per heavy atom. The largest absolute Gasteiger partial charge is 0.481 e. The van der Waals surface area contributed by atoms with Crippen LogP contribution < -0.4 is 0 Å². The van der Waals surface area contributed by atoms with Crippen molar-refractivity contribution in [2.75, 3.05) is 0 Å². The molecular formula is C12H11N5O2. The SMILES string of the molecule is Cc1nn(-c2nccc(C#N)n2)c(C)c1CC(=O)O. The Labute approximate surface area is 109 Å². The molecule has 0 saturated heterocycles. The second kappa shape index (κ2) is 4.86. The summed E-state index contributed by atoms with van der Waals surface area (Å²) in [5.41, 5.74) is 2.15. The van der Waals surface area contributed by atoms with E-state index < -0.39 is 5.97 Å². The van der Waals surface area contributed by atoms with Crippen LogP contribution in [0.2, 0.25) is 0 Å². The number of aryl methyl sites for hydroxylation is 1. The van der Waals surface area contributed by atoms with Crippen molar-refractivity contribution in [3.8, 4) is 12.0 Å². The number of rotatable bonds is 3. The molecule has 0 bridgehead atoms. The lowest BCUT2D eigenvalue weighted by Crippen LogP contribution is -2.07. The average Bonchev–Trinajstić information content (AvgIpc) is 2.66. The maximum atomic E-state index is 10.8. The van der Waals surface area contributed by atoms with Gasteiger partial charge in [-0.25, -0.2) is 14.6 Å². The Hall–Kier alpha value is -2.75. The molecule has 0 spiro atoms.